The maximum atomic E-state index is 10.9. The maximum absolute atomic E-state index is 10.9. The standard InChI is InChI=1S/C7H14BrNO2S/c1-11-7(10)6(8)5-9-3-4-12-2/h6,9H,3-5H2,1-2H3. The van der Waals surface area contributed by atoms with Crippen LogP contribution in [0.1, 0.15) is 0 Å². The summed E-state index contributed by atoms with van der Waals surface area (Å²) in [5.74, 6) is 0.826. The highest BCUT2D eigenvalue weighted by molar-refractivity contribution is 9.10. The van der Waals surface area contributed by atoms with Crippen LogP contribution in [0, 0.1) is 0 Å². The Morgan fingerprint density at radius 2 is 2.42 bits per heavy atom. The van der Waals surface area contributed by atoms with Crippen LogP contribution in [0.15, 0.2) is 0 Å². The number of hydrogen-bond acceptors (Lipinski definition) is 4. The molecular formula is C7H14BrNO2S. The summed E-state index contributed by atoms with van der Waals surface area (Å²) in [4.78, 5) is 10.6. The number of alkyl halides is 1. The van der Waals surface area contributed by atoms with E-state index in [4.69, 9.17) is 0 Å². The van der Waals surface area contributed by atoms with Crippen LogP contribution in [-0.2, 0) is 9.53 Å². The van der Waals surface area contributed by atoms with Crippen molar-refractivity contribution >= 4 is 33.7 Å². The van der Waals surface area contributed by atoms with Crippen molar-refractivity contribution in [3.63, 3.8) is 0 Å². The first-order valence-electron chi connectivity index (χ1n) is 3.64. The molecule has 12 heavy (non-hydrogen) atoms. The molecule has 1 unspecified atom stereocenters. The first kappa shape index (κ1) is 12.3. The molecule has 0 saturated carbocycles. The molecule has 72 valence electrons. The Morgan fingerprint density at radius 3 is 2.92 bits per heavy atom. The average Bonchev–Trinajstić information content (AvgIpc) is 2.10. The van der Waals surface area contributed by atoms with Crippen LogP contribution in [0.4, 0.5) is 0 Å². The van der Waals surface area contributed by atoms with Crippen LogP contribution in [0.3, 0.4) is 0 Å². The highest BCUT2D eigenvalue weighted by Gasteiger charge is 2.13. The van der Waals surface area contributed by atoms with Gasteiger partial charge in [-0.15, -0.1) is 0 Å². The van der Waals surface area contributed by atoms with Crippen LogP contribution in [0.25, 0.3) is 0 Å². The van der Waals surface area contributed by atoms with Gasteiger partial charge in [-0.25, -0.2) is 0 Å². The van der Waals surface area contributed by atoms with Crippen molar-refractivity contribution in [3.05, 3.63) is 0 Å². The predicted molar refractivity (Wildman–Crippen MR) is 56.0 cm³/mol. The number of hydrogen-bond donors (Lipinski definition) is 1. The smallest absolute Gasteiger partial charge is 0.320 e. The molecule has 0 rings (SSSR count). The van der Waals surface area contributed by atoms with Gasteiger partial charge in [0.15, 0.2) is 0 Å². The second-order valence-corrected chi connectivity index (χ2v) is 4.28. The molecule has 0 saturated heterocycles. The number of rotatable bonds is 6. The molecule has 0 aromatic heterocycles. The minimum atomic E-state index is -0.232. The van der Waals surface area contributed by atoms with E-state index in [0.717, 1.165) is 12.3 Å². The van der Waals surface area contributed by atoms with Crippen molar-refractivity contribution in [1.82, 2.24) is 5.32 Å². The fourth-order valence-electron chi connectivity index (χ4n) is 0.614. The van der Waals surface area contributed by atoms with E-state index in [1.165, 1.54) is 7.11 Å². The molecule has 0 bridgehead atoms. The number of halogens is 1. The topological polar surface area (TPSA) is 38.3 Å². The first-order chi connectivity index (χ1) is 5.72. The van der Waals surface area contributed by atoms with Gasteiger partial charge >= 0.3 is 5.97 Å². The number of ether oxygens (including phenoxy) is 1. The summed E-state index contributed by atoms with van der Waals surface area (Å²) in [6.07, 6.45) is 2.05. The normalized spacial score (nSPS) is 12.6. The zero-order valence-electron chi connectivity index (χ0n) is 7.30. The molecule has 3 nitrogen and oxygen atoms in total. The van der Waals surface area contributed by atoms with Crippen molar-refractivity contribution in [1.29, 1.82) is 0 Å². The van der Waals surface area contributed by atoms with Gasteiger partial charge in [-0.1, -0.05) is 15.9 Å². The molecule has 5 heteroatoms. The fraction of sp³-hybridized carbons (Fsp3) is 0.857. The third kappa shape index (κ3) is 5.85. The molecule has 0 heterocycles. The van der Waals surface area contributed by atoms with Gasteiger partial charge in [0.25, 0.3) is 0 Å². The quantitative estimate of drug-likeness (QED) is 0.435. The summed E-state index contributed by atoms with van der Waals surface area (Å²) in [5, 5.41) is 3.13. The molecule has 0 fully saturated rings. The monoisotopic (exact) mass is 255 g/mol. The van der Waals surface area contributed by atoms with Gasteiger partial charge in [-0.3, -0.25) is 4.79 Å². The van der Waals surface area contributed by atoms with Crippen LogP contribution in [0.5, 0.6) is 0 Å². The van der Waals surface area contributed by atoms with Crippen LogP contribution in [-0.4, -0.2) is 43.0 Å². The zero-order chi connectivity index (χ0) is 9.40. The second-order valence-electron chi connectivity index (χ2n) is 2.19. The van der Waals surface area contributed by atoms with Gasteiger partial charge in [-0.05, 0) is 6.26 Å². The molecule has 0 aromatic rings. The summed E-state index contributed by atoms with van der Waals surface area (Å²) < 4.78 is 4.54. The zero-order valence-corrected chi connectivity index (χ0v) is 9.70. The van der Waals surface area contributed by atoms with Crippen LogP contribution < -0.4 is 5.32 Å². The molecule has 0 aliphatic heterocycles. The number of carbonyl (C=O) groups is 1. The van der Waals surface area contributed by atoms with Gasteiger partial charge in [0.05, 0.1) is 7.11 Å². The number of carbonyl (C=O) groups excluding carboxylic acids is 1. The van der Waals surface area contributed by atoms with E-state index in [9.17, 15) is 4.79 Å². The lowest BCUT2D eigenvalue weighted by Crippen LogP contribution is -2.30. The highest BCUT2D eigenvalue weighted by atomic mass is 79.9. The Hall–Kier alpha value is 0.260. The largest absolute Gasteiger partial charge is 0.468 e. The minimum absolute atomic E-state index is 0.230. The number of thioether (sulfide) groups is 1. The van der Waals surface area contributed by atoms with E-state index in [1.54, 1.807) is 11.8 Å². The van der Waals surface area contributed by atoms with Gasteiger partial charge in [-0.2, -0.15) is 11.8 Å². The van der Waals surface area contributed by atoms with E-state index in [1.807, 2.05) is 6.26 Å². The Morgan fingerprint density at radius 1 is 1.75 bits per heavy atom. The predicted octanol–water partition coefficient (Wildman–Crippen LogP) is 0.875. The van der Waals surface area contributed by atoms with E-state index < -0.39 is 0 Å². The third-order valence-electron chi connectivity index (χ3n) is 1.26. The summed E-state index contributed by atoms with van der Waals surface area (Å²) in [6, 6.07) is 0. The molecule has 0 radical (unpaired) electrons. The van der Waals surface area contributed by atoms with Crippen molar-refractivity contribution < 1.29 is 9.53 Å². The van der Waals surface area contributed by atoms with Gasteiger partial charge in [0, 0.05) is 18.8 Å². The Bertz CT molecular complexity index is 135. The minimum Gasteiger partial charge on any atom is -0.468 e. The molecule has 0 amide bonds. The molecule has 0 aliphatic carbocycles. The Balaban J connectivity index is 3.31. The second kappa shape index (κ2) is 7.89. The fourth-order valence-corrected chi connectivity index (χ4v) is 1.38. The van der Waals surface area contributed by atoms with Gasteiger partial charge in [0.1, 0.15) is 4.83 Å². The number of methoxy groups -OCH3 is 1. The maximum Gasteiger partial charge on any atom is 0.320 e. The number of nitrogens with one attached hydrogen (secondary N) is 1. The van der Waals surface area contributed by atoms with E-state index >= 15 is 0 Å². The molecule has 0 spiro atoms. The van der Waals surface area contributed by atoms with E-state index in [-0.39, 0.29) is 10.8 Å². The molecule has 1 N–H and O–H groups in total. The van der Waals surface area contributed by atoms with Crippen molar-refractivity contribution in [2.45, 2.75) is 4.83 Å². The summed E-state index contributed by atoms with van der Waals surface area (Å²) in [7, 11) is 1.39. The van der Waals surface area contributed by atoms with Crippen molar-refractivity contribution in [2.24, 2.45) is 0 Å². The number of esters is 1. The Labute approximate surface area is 85.7 Å². The van der Waals surface area contributed by atoms with E-state index in [0.29, 0.717) is 6.54 Å². The lowest BCUT2D eigenvalue weighted by Gasteiger charge is -2.07. The van der Waals surface area contributed by atoms with E-state index in [2.05, 4.69) is 26.0 Å². The molecule has 0 aliphatic rings. The van der Waals surface area contributed by atoms with Crippen LogP contribution in [0.2, 0.25) is 0 Å². The third-order valence-corrected chi connectivity index (χ3v) is 2.57. The SMILES string of the molecule is COC(=O)C(Br)CNCCSC. The highest BCUT2D eigenvalue weighted by Crippen LogP contribution is 1.99. The van der Waals surface area contributed by atoms with Crippen molar-refractivity contribution in [2.75, 3.05) is 32.2 Å². The molecular weight excluding hydrogens is 242 g/mol. The summed E-state index contributed by atoms with van der Waals surface area (Å²) in [6.45, 7) is 1.54. The molecule has 0 aromatic carbocycles. The average molecular weight is 256 g/mol. The lowest BCUT2D eigenvalue weighted by molar-refractivity contribution is -0.139. The lowest BCUT2D eigenvalue weighted by atomic mass is 10.4. The van der Waals surface area contributed by atoms with Gasteiger partial charge < -0.3 is 10.1 Å². The van der Waals surface area contributed by atoms with Gasteiger partial charge in [0.2, 0.25) is 0 Å². The summed E-state index contributed by atoms with van der Waals surface area (Å²) in [5.41, 5.74) is 0. The first-order valence-corrected chi connectivity index (χ1v) is 5.95. The molecule has 1 atom stereocenters. The Kier molecular flexibility index (Phi) is 8.06. The van der Waals surface area contributed by atoms with Crippen LogP contribution >= 0.6 is 27.7 Å². The summed E-state index contributed by atoms with van der Waals surface area (Å²) >= 11 is 4.99. The van der Waals surface area contributed by atoms with Crippen molar-refractivity contribution in [3.8, 4) is 0 Å².